The molecule has 2 aliphatic rings. The molecule has 0 bridgehead atoms. The molecule has 2 fully saturated rings. The predicted octanol–water partition coefficient (Wildman–Crippen LogP) is 1.11. The van der Waals surface area contributed by atoms with Crippen LogP contribution in [0.2, 0.25) is 0 Å². The van der Waals surface area contributed by atoms with Crippen LogP contribution >= 0.6 is 0 Å². The van der Waals surface area contributed by atoms with Crippen LogP contribution in [-0.2, 0) is 14.3 Å². The van der Waals surface area contributed by atoms with Gasteiger partial charge in [0.15, 0.2) is 5.79 Å². The fourth-order valence-electron chi connectivity index (χ4n) is 2.98. The molecule has 5 nitrogen and oxygen atoms in total. The molecule has 1 saturated heterocycles. The van der Waals surface area contributed by atoms with Crippen molar-refractivity contribution in [3.63, 3.8) is 0 Å². The molecule has 0 amide bonds. The van der Waals surface area contributed by atoms with E-state index in [1.54, 1.807) is 0 Å². The molecule has 1 aliphatic carbocycles. The van der Waals surface area contributed by atoms with Gasteiger partial charge in [-0.05, 0) is 25.8 Å². The van der Waals surface area contributed by atoms with Gasteiger partial charge < -0.3 is 20.3 Å². The Bertz CT molecular complexity index is 282. The summed E-state index contributed by atoms with van der Waals surface area (Å²) in [5, 5.41) is 8.77. The van der Waals surface area contributed by atoms with E-state index >= 15 is 0 Å². The molecule has 98 valence electrons. The lowest BCUT2D eigenvalue weighted by Crippen LogP contribution is -2.43. The second kappa shape index (κ2) is 5.33. The summed E-state index contributed by atoms with van der Waals surface area (Å²) in [4.78, 5) is 10.7. The number of rotatable bonds is 4. The number of hydrogen-bond acceptors (Lipinski definition) is 4. The molecule has 3 atom stereocenters. The van der Waals surface area contributed by atoms with Gasteiger partial charge in [0.05, 0.1) is 19.1 Å². The van der Waals surface area contributed by atoms with Crippen LogP contribution in [0, 0.1) is 5.92 Å². The van der Waals surface area contributed by atoms with Gasteiger partial charge >= 0.3 is 5.97 Å². The molecule has 1 saturated carbocycles. The fraction of sp³-hybridized carbons (Fsp3) is 0.917. The average Bonchev–Trinajstić information content (AvgIpc) is 2.65. The van der Waals surface area contributed by atoms with Crippen LogP contribution in [0.3, 0.4) is 0 Å². The number of hydrogen-bond donors (Lipinski definition) is 2. The summed E-state index contributed by atoms with van der Waals surface area (Å²) < 4.78 is 11.7. The third-order valence-corrected chi connectivity index (χ3v) is 3.75. The third kappa shape index (κ3) is 2.78. The van der Waals surface area contributed by atoms with E-state index in [0.717, 1.165) is 25.7 Å². The Hall–Kier alpha value is -0.650. The Kier molecular flexibility index (Phi) is 4.01. The van der Waals surface area contributed by atoms with Gasteiger partial charge in [-0.25, -0.2) is 0 Å². The zero-order chi connectivity index (χ0) is 12.3. The Labute approximate surface area is 101 Å². The topological polar surface area (TPSA) is 81.8 Å². The van der Waals surface area contributed by atoms with Crippen LogP contribution in [0.1, 0.15) is 38.5 Å². The van der Waals surface area contributed by atoms with E-state index in [9.17, 15) is 4.79 Å². The van der Waals surface area contributed by atoms with E-state index in [1.165, 1.54) is 6.42 Å². The van der Waals surface area contributed by atoms with Gasteiger partial charge in [-0.3, -0.25) is 4.79 Å². The van der Waals surface area contributed by atoms with E-state index in [2.05, 4.69) is 0 Å². The van der Waals surface area contributed by atoms with E-state index < -0.39 is 11.8 Å². The Balaban J connectivity index is 1.99. The SMILES string of the molecule is NCCC1CCCCC12OCC(CC(=O)O)O2. The van der Waals surface area contributed by atoms with E-state index in [1.807, 2.05) is 0 Å². The summed E-state index contributed by atoms with van der Waals surface area (Å²) in [7, 11) is 0. The highest BCUT2D eigenvalue weighted by molar-refractivity contribution is 5.67. The van der Waals surface area contributed by atoms with Crippen molar-refractivity contribution in [2.75, 3.05) is 13.2 Å². The largest absolute Gasteiger partial charge is 0.481 e. The monoisotopic (exact) mass is 243 g/mol. The van der Waals surface area contributed by atoms with Crippen molar-refractivity contribution < 1.29 is 19.4 Å². The summed E-state index contributed by atoms with van der Waals surface area (Å²) in [6.07, 6.45) is 4.82. The molecule has 17 heavy (non-hydrogen) atoms. The summed E-state index contributed by atoms with van der Waals surface area (Å²) in [5.74, 6) is -1.06. The summed E-state index contributed by atoms with van der Waals surface area (Å²) in [6, 6.07) is 0. The maximum atomic E-state index is 10.7. The minimum Gasteiger partial charge on any atom is -0.481 e. The first-order valence-corrected chi connectivity index (χ1v) is 6.40. The van der Waals surface area contributed by atoms with Gasteiger partial charge in [0, 0.05) is 12.3 Å². The average molecular weight is 243 g/mol. The lowest BCUT2D eigenvalue weighted by Gasteiger charge is -2.39. The first kappa shape index (κ1) is 12.8. The van der Waals surface area contributed by atoms with Gasteiger partial charge in [-0.1, -0.05) is 6.42 Å². The number of carboxylic acids is 1. The Morgan fingerprint density at radius 1 is 1.47 bits per heavy atom. The molecule has 1 spiro atoms. The minimum atomic E-state index is -0.832. The fourth-order valence-corrected chi connectivity index (χ4v) is 2.98. The van der Waals surface area contributed by atoms with Gasteiger partial charge in [0.2, 0.25) is 0 Å². The number of carboxylic acid groups (broad SMARTS) is 1. The first-order valence-electron chi connectivity index (χ1n) is 6.40. The molecule has 0 aromatic rings. The lowest BCUT2D eigenvalue weighted by molar-refractivity contribution is -0.222. The van der Waals surface area contributed by atoms with Crippen LogP contribution in [0.25, 0.3) is 0 Å². The highest BCUT2D eigenvalue weighted by atomic mass is 16.7. The number of ether oxygens (including phenoxy) is 2. The highest BCUT2D eigenvalue weighted by Crippen LogP contribution is 2.43. The summed E-state index contributed by atoms with van der Waals surface area (Å²) in [6.45, 7) is 1.02. The minimum absolute atomic E-state index is 0.0249. The van der Waals surface area contributed by atoms with Gasteiger partial charge in [-0.15, -0.1) is 0 Å². The molecule has 3 N–H and O–H groups in total. The van der Waals surface area contributed by atoms with Crippen LogP contribution in [-0.4, -0.2) is 36.1 Å². The number of carbonyl (C=O) groups is 1. The standard InChI is InChI=1S/C12H21NO4/c13-6-4-9-3-1-2-5-12(9)16-8-10(17-12)7-11(14)15/h9-10H,1-8,13H2,(H,14,15). The quantitative estimate of drug-likeness (QED) is 0.773. The van der Waals surface area contributed by atoms with Crippen molar-refractivity contribution in [1.82, 2.24) is 0 Å². The molecular weight excluding hydrogens is 222 g/mol. The van der Waals surface area contributed by atoms with Crippen molar-refractivity contribution in [1.29, 1.82) is 0 Å². The molecule has 1 heterocycles. The molecule has 0 radical (unpaired) electrons. The van der Waals surface area contributed by atoms with Crippen LogP contribution < -0.4 is 5.73 Å². The zero-order valence-electron chi connectivity index (χ0n) is 10.1. The smallest absolute Gasteiger partial charge is 0.306 e. The lowest BCUT2D eigenvalue weighted by atomic mass is 9.81. The maximum absolute atomic E-state index is 10.7. The molecule has 3 unspecified atom stereocenters. The molecule has 0 aromatic carbocycles. The Morgan fingerprint density at radius 2 is 2.29 bits per heavy atom. The first-order chi connectivity index (χ1) is 8.16. The van der Waals surface area contributed by atoms with Crippen molar-refractivity contribution >= 4 is 5.97 Å². The molecule has 2 rings (SSSR count). The van der Waals surface area contributed by atoms with E-state index in [0.29, 0.717) is 19.1 Å². The van der Waals surface area contributed by atoms with Crippen LogP contribution in [0.15, 0.2) is 0 Å². The predicted molar refractivity (Wildman–Crippen MR) is 61.4 cm³/mol. The van der Waals surface area contributed by atoms with Crippen molar-refractivity contribution in [2.24, 2.45) is 11.7 Å². The second-order valence-corrected chi connectivity index (χ2v) is 4.98. The highest BCUT2D eigenvalue weighted by Gasteiger charge is 2.48. The molecule has 1 aliphatic heterocycles. The van der Waals surface area contributed by atoms with Gasteiger partial charge in [0.1, 0.15) is 0 Å². The normalized spacial score (nSPS) is 37.5. The van der Waals surface area contributed by atoms with E-state index in [4.69, 9.17) is 20.3 Å². The molecule has 0 aromatic heterocycles. The second-order valence-electron chi connectivity index (χ2n) is 4.98. The molecule has 5 heteroatoms. The summed E-state index contributed by atoms with van der Waals surface area (Å²) in [5.41, 5.74) is 5.62. The van der Waals surface area contributed by atoms with Crippen molar-refractivity contribution in [3.05, 3.63) is 0 Å². The van der Waals surface area contributed by atoms with E-state index in [-0.39, 0.29) is 12.5 Å². The van der Waals surface area contributed by atoms with Gasteiger partial charge in [-0.2, -0.15) is 0 Å². The maximum Gasteiger partial charge on any atom is 0.306 e. The van der Waals surface area contributed by atoms with Gasteiger partial charge in [0.25, 0.3) is 0 Å². The number of aliphatic carboxylic acids is 1. The Morgan fingerprint density at radius 3 is 3.00 bits per heavy atom. The number of nitrogens with two attached hydrogens (primary N) is 1. The van der Waals surface area contributed by atoms with Crippen molar-refractivity contribution in [3.8, 4) is 0 Å². The molecular formula is C12H21NO4. The van der Waals surface area contributed by atoms with Crippen molar-refractivity contribution in [2.45, 2.75) is 50.4 Å². The van der Waals surface area contributed by atoms with Crippen LogP contribution in [0.4, 0.5) is 0 Å². The summed E-state index contributed by atoms with van der Waals surface area (Å²) >= 11 is 0. The zero-order valence-corrected chi connectivity index (χ0v) is 10.1. The third-order valence-electron chi connectivity index (χ3n) is 3.75. The van der Waals surface area contributed by atoms with Crippen LogP contribution in [0.5, 0.6) is 0 Å².